The highest BCUT2D eigenvalue weighted by Gasteiger charge is 2.32. The molecule has 0 fully saturated rings. The minimum absolute atomic E-state index is 0.0716. The molecule has 0 bridgehead atoms. The van der Waals surface area contributed by atoms with E-state index in [1.165, 1.54) is 6.07 Å². The third-order valence-electron chi connectivity index (χ3n) is 1.46. The molecule has 0 unspecified atom stereocenters. The quantitative estimate of drug-likeness (QED) is 0.783. The molecular weight excluding hydrogens is 203 g/mol. The zero-order valence-electron chi connectivity index (χ0n) is 6.51. The molecule has 3 N–H and O–H groups in total. The molecule has 0 aliphatic carbocycles. The normalized spacial score (nSPS) is 14.5. The monoisotopic (exact) mass is 211 g/mol. The number of aliphatic hydroxyl groups is 1. The number of hydrogen-bond donors (Lipinski definition) is 2. The summed E-state index contributed by atoms with van der Waals surface area (Å²) in [6, 6.07) is 2.18. The standard InChI is InChI=1S/C7H8F3NOS/c8-7(9,10)6-2-1-5(13-6)4(12)3-11/h1-2,4,12H,3,11H2/t4-/m1/s1. The number of hydrogen-bond acceptors (Lipinski definition) is 3. The van der Waals surface area contributed by atoms with E-state index in [9.17, 15) is 13.2 Å². The van der Waals surface area contributed by atoms with Gasteiger partial charge in [0.25, 0.3) is 0 Å². The van der Waals surface area contributed by atoms with Crippen molar-refractivity contribution < 1.29 is 18.3 Å². The maximum Gasteiger partial charge on any atom is 0.425 e. The van der Waals surface area contributed by atoms with E-state index in [1.54, 1.807) is 0 Å². The fourth-order valence-electron chi connectivity index (χ4n) is 0.800. The Balaban J connectivity index is 2.87. The van der Waals surface area contributed by atoms with E-state index in [0.29, 0.717) is 11.3 Å². The zero-order valence-corrected chi connectivity index (χ0v) is 7.32. The minimum Gasteiger partial charge on any atom is -0.386 e. The van der Waals surface area contributed by atoms with Gasteiger partial charge in [0.1, 0.15) is 11.0 Å². The van der Waals surface area contributed by atoms with Crippen LogP contribution < -0.4 is 5.73 Å². The van der Waals surface area contributed by atoms with E-state index in [-0.39, 0.29) is 11.4 Å². The average Bonchev–Trinajstić information content (AvgIpc) is 2.50. The van der Waals surface area contributed by atoms with Crippen LogP contribution in [0.5, 0.6) is 0 Å². The largest absolute Gasteiger partial charge is 0.425 e. The smallest absolute Gasteiger partial charge is 0.386 e. The predicted octanol–water partition coefficient (Wildman–Crippen LogP) is 1.76. The molecule has 0 saturated heterocycles. The van der Waals surface area contributed by atoms with Gasteiger partial charge in [-0.2, -0.15) is 13.2 Å². The second-order valence-electron chi connectivity index (χ2n) is 2.45. The third-order valence-corrected chi connectivity index (χ3v) is 2.69. The van der Waals surface area contributed by atoms with Gasteiger partial charge in [-0.05, 0) is 12.1 Å². The second kappa shape index (κ2) is 3.65. The SMILES string of the molecule is NC[C@@H](O)c1ccc(C(F)(F)F)s1. The van der Waals surface area contributed by atoms with Gasteiger partial charge < -0.3 is 10.8 Å². The first-order valence-corrected chi connectivity index (χ1v) is 4.32. The van der Waals surface area contributed by atoms with Crippen molar-refractivity contribution in [2.75, 3.05) is 6.54 Å². The molecule has 1 atom stereocenters. The summed E-state index contributed by atoms with van der Waals surface area (Å²) in [6.07, 6.45) is -5.34. The third kappa shape index (κ3) is 2.43. The molecule has 0 aliphatic heterocycles. The van der Waals surface area contributed by atoms with Crippen LogP contribution in [0.25, 0.3) is 0 Å². The Morgan fingerprint density at radius 2 is 2.08 bits per heavy atom. The maximum absolute atomic E-state index is 12.1. The van der Waals surface area contributed by atoms with Crippen LogP contribution in [-0.4, -0.2) is 11.7 Å². The molecule has 6 heteroatoms. The molecule has 0 aromatic carbocycles. The summed E-state index contributed by atoms with van der Waals surface area (Å²) in [7, 11) is 0. The Morgan fingerprint density at radius 3 is 2.46 bits per heavy atom. The minimum atomic E-state index is -4.34. The highest BCUT2D eigenvalue weighted by Crippen LogP contribution is 2.36. The van der Waals surface area contributed by atoms with Gasteiger partial charge in [-0.25, -0.2) is 0 Å². The van der Waals surface area contributed by atoms with Crippen LogP contribution in [0.15, 0.2) is 12.1 Å². The van der Waals surface area contributed by atoms with E-state index in [2.05, 4.69) is 0 Å². The summed E-state index contributed by atoms with van der Waals surface area (Å²) in [5.74, 6) is 0. The van der Waals surface area contributed by atoms with E-state index in [0.717, 1.165) is 6.07 Å². The van der Waals surface area contributed by atoms with Crippen molar-refractivity contribution in [2.45, 2.75) is 12.3 Å². The Morgan fingerprint density at radius 1 is 1.46 bits per heavy atom. The van der Waals surface area contributed by atoms with Crippen LogP contribution in [0.4, 0.5) is 13.2 Å². The fraction of sp³-hybridized carbons (Fsp3) is 0.429. The molecule has 1 heterocycles. The first-order valence-electron chi connectivity index (χ1n) is 3.50. The Labute approximate surface area is 76.8 Å². The highest BCUT2D eigenvalue weighted by atomic mass is 32.1. The van der Waals surface area contributed by atoms with Crippen molar-refractivity contribution >= 4 is 11.3 Å². The molecule has 0 radical (unpaired) electrons. The molecule has 2 nitrogen and oxygen atoms in total. The molecule has 1 aromatic rings. The lowest BCUT2D eigenvalue weighted by atomic mass is 10.3. The Kier molecular flexibility index (Phi) is 2.94. The summed E-state index contributed by atoms with van der Waals surface area (Å²) in [5, 5.41) is 9.13. The molecule has 74 valence electrons. The number of nitrogens with two attached hydrogens (primary N) is 1. The van der Waals surface area contributed by atoms with Gasteiger partial charge in [0.05, 0.1) is 0 Å². The van der Waals surface area contributed by atoms with E-state index in [4.69, 9.17) is 10.8 Å². The van der Waals surface area contributed by atoms with Gasteiger partial charge in [0.2, 0.25) is 0 Å². The molecule has 0 saturated carbocycles. The topological polar surface area (TPSA) is 46.2 Å². The lowest BCUT2D eigenvalue weighted by molar-refractivity contribution is -0.134. The number of alkyl halides is 3. The predicted molar refractivity (Wildman–Crippen MR) is 43.3 cm³/mol. The lowest BCUT2D eigenvalue weighted by Crippen LogP contribution is -2.09. The van der Waals surface area contributed by atoms with E-state index in [1.807, 2.05) is 0 Å². The van der Waals surface area contributed by atoms with Crippen molar-refractivity contribution in [1.82, 2.24) is 0 Å². The van der Waals surface area contributed by atoms with Crippen LogP contribution in [0, 0.1) is 0 Å². The zero-order chi connectivity index (χ0) is 10.1. The van der Waals surface area contributed by atoms with Crippen molar-refractivity contribution in [3.63, 3.8) is 0 Å². The van der Waals surface area contributed by atoms with Gasteiger partial charge in [0.15, 0.2) is 0 Å². The van der Waals surface area contributed by atoms with Gasteiger partial charge >= 0.3 is 6.18 Å². The van der Waals surface area contributed by atoms with Crippen molar-refractivity contribution in [3.8, 4) is 0 Å². The van der Waals surface area contributed by atoms with Crippen molar-refractivity contribution in [3.05, 3.63) is 21.9 Å². The molecule has 1 rings (SSSR count). The van der Waals surface area contributed by atoms with Crippen LogP contribution in [0.2, 0.25) is 0 Å². The summed E-state index contributed by atoms with van der Waals surface area (Å²) in [4.78, 5) is -0.468. The first kappa shape index (κ1) is 10.5. The fourth-order valence-corrected chi connectivity index (χ4v) is 1.67. The molecule has 0 amide bonds. The van der Waals surface area contributed by atoms with Crippen LogP contribution in [0.1, 0.15) is 15.9 Å². The molecule has 0 spiro atoms. The summed E-state index contributed by atoms with van der Waals surface area (Å²) >= 11 is 0.517. The van der Waals surface area contributed by atoms with Gasteiger partial charge in [-0.1, -0.05) is 0 Å². The van der Waals surface area contributed by atoms with E-state index < -0.39 is 17.2 Å². The average molecular weight is 211 g/mol. The highest BCUT2D eigenvalue weighted by molar-refractivity contribution is 7.12. The van der Waals surface area contributed by atoms with Gasteiger partial charge in [0, 0.05) is 11.4 Å². The number of thiophene rings is 1. The first-order chi connectivity index (χ1) is 5.95. The van der Waals surface area contributed by atoms with Crippen LogP contribution in [0.3, 0.4) is 0 Å². The molecule has 13 heavy (non-hydrogen) atoms. The van der Waals surface area contributed by atoms with Gasteiger partial charge in [-0.15, -0.1) is 11.3 Å². The van der Waals surface area contributed by atoms with E-state index >= 15 is 0 Å². The Bertz CT molecular complexity index is 284. The molecular formula is C7H8F3NOS. The maximum atomic E-state index is 12.1. The number of rotatable bonds is 2. The van der Waals surface area contributed by atoms with Crippen LogP contribution in [-0.2, 0) is 6.18 Å². The second-order valence-corrected chi connectivity index (χ2v) is 3.57. The summed E-state index contributed by atoms with van der Waals surface area (Å²) < 4.78 is 36.2. The molecule has 0 aliphatic rings. The summed E-state index contributed by atoms with van der Waals surface area (Å²) in [5.41, 5.74) is 5.10. The van der Waals surface area contributed by atoms with Crippen molar-refractivity contribution in [2.24, 2.45) is 5.73 Å². The molecule has 1 aromatic heterocycles. The lowest BCUT2D eigenvalue weighted by Gasteiger charge is -2.04. The Hall–Kier alpha value is -0.590. The van der Waals surface area contributed by atoms with Crippen molar-refractivity contribution in [1.29, 1.82) is 0 Å². The summed E-state index contributed by atoms with van der Waals surface area (Å²) in [6.45, 7) is -0.0716. The van der Waals surface area contributed by atoms with Gasteiger partial charge in [-0.3, -0.25) is 0 Å². The van der Waals surface area contributed by atoms with Crippen LogP contribution >= 0.6 is 11.3 Å². The number of halogens is 3. The number of aliphatic hydroxyl groups excluding tert-OH is 1.